The second-order valence-corrected chi connectivity index (χ2v) is 9.30. The number of hydrogen-bond acceptors (Lipinski definition) is 6. The highest BCUT2D eigenvalue weighted by Crippen LogP contribution is 2.18. The van der Waals surface area contributed by atoms with Crippen LogP contribution in [0.2, 0.25) is 5.02 Å². The minimum atomic E-state index is -1.40. The first-order chi connectivity index (χ1) is 14.2. The third kappa shape index (κ3) is 11.3. The van der Waals surface area contributed by atoms with Crippen LogP contribution < -0.4 is 10.6 Å². The number of nitrogens with one attached hydrogen (secondary N) is 2. The fraction of sp³-hybridized carbons (Fsp3) is 0.545. The molecular weight excluding hydrogens is 427 g/mol. The Morgan fingerprint density at radius 1 is 1.19 bits per heavy atom. The van der Waals surface area contributed by atoms with Crippen molar-refractivity contribution in [3.05, 3.63) is 40.7 Å². The summed E-state index contributed by atoms with van der Waals surface area (Å²) in [5, 5.41) is 15.3. The molecule has 0 aliphatic rings. The van der Waals surface area contributed by atoms with Crippen molar-refractivity contribution in [3.63, 3.8) is 0 Å². The summed E-state index contributed by atoms with van der Waals surface area (Å²) in [7, 11) is 0. The summed E-state index contributed by atoms with van der Waals surface area (Å²) in [5.74, 6) is -1.68. The quantitative estimate of drug-likeness (QED) is 0.298. The van der Waals surface area contributed by atoms with Crippen LogP contribution in [-0.2, 0) is 19.1 Å². The molecule has 7 nitrogen and oxygen atoms in total. The van der Waals surface area contributed by atoms with Gasteiger partial charge in [0.05, 0.1) is 10.6 Å². The van der Waals surface area contributed by atoms with Crippen molar-refractivity contribution in [2.24, 2.45) is 0 Å². The molecule has 0 aliphatic heterocycles. The molecular formula is C22H32ClFN2O5. The van der Waals surface area contributed by atoms with Crippen molar-refractivity contribution in [2.75, 3.05) is 6.54 Å². The van der Waals surface area contributed by atoms with Gasteiger partial charge in [0.25, 0.3) is 0 Å². The summed E-state index contributed by atoms with van der Waals surface area (Å²) in [6.45, 7) is 10.6. The van der Waals surface area contributed by atoms with Crippen molar-refractivity contribution in [1.82, 2.24) is 10.6 Å². The van der Waals surface area contributed by atoms with Crippen LogP contribution in [0.15, 0.2) is 24.3 Å². The molecule has 2 unspecified atom stereocenters. The molecule has 0 saturated heterocycles. The Morgan fingerprint density at radius 3 is 2.42 bits per heavy atom. The maximum atomic E-state index is 13.9. The van der Waals surface area contributed by atoms with Gasteiger partial charge in [-0.1, -0.05) is 23.7 Å². The number of carbonyl (C=O) groups excluding carboxylic acids is 2. The van der Waals surface area contributed by atoms with Crippen LogP contribution in [0.4, 0.5) is 4.39 Å². The number of carbonyl (C=O) groups is 2. The van der Waals surface area contributed by atoms with E-state index in [-0.39, 0.29) is 23.6 Å². The Labute approximate surface area is 187 Å². The predicted octanol–water partition coefficient (Wildman–Crippen LogP) is 3.39. The van der Waals surface area contributed by atoms with Crippen LogP contribution in [0.5, 0.6) is 0 Å². The first-order valence-electron chi connectivity index (χ1n) is 9.93. The largest absolute Gasteiger partial charge is 0.459 e. The molecule has 31 heavy (non-hydrogen) atoms. The maximum absolute atomic E-state index is 13.9. The van der Waals surface area contributed by atoms with E-state index in [1.165, 1.54) is 24.3 Å². The lowest BCUT2D eigenvalue weighted by Crippen LogP contribution is -2.50. The Hall–Kier alpha value is -2.00. The van der Waals surface area contributed by atoms with Crippen molar-refractivity contribution in [3.8, 4) is 0 Å². The summed E-state index contributed by atoms with van der Waals surface area (Å²) in [5.41, 5.74) is -1.18. The molecule has 1 aromatic rings. The molecule has 174 valence electrons. The van der Waals surface area contributed by atoms with Crippen LogP contribution in [0, 0.1) is 5.82 Å². The molecule has 3 N–H and O–H groups in total. The van der Waals surface area contributed by atoms with Gasteiger partial charge in [-0.25, -0.2) is 4.39 Å². The number of hydrogen-bond donors (Lipinski definition) is 3. The van der Waals surface area contributed by atoms with E-state index in [0.717, 1.165) is 0 Å². The van der Waals surface area contributed by atoms with Crippen molar-refractivity contribution < 1.29 is 28.6 Å². The molecule has 1 amide bonds. The molecule has 0 spiro atoms. The number of amides is 1. The number of benzene rings is 1. The van der Waals surface area contributed by atoms with E-state index >= 15 is 0 Å². The second kappa shape index (κ2) is 11.6. The Morgan fingerprint density at radius 2 is 1.84 bits per heavy atom. The first kappa shape index (κ1) is 27.0. The van der Waals surface area contributed by atoms with Gasteiger partial charge in [0.15, 0.2) is 0 Å². The van der Waals surface area contributed by atoms with Gasteiger partial charge in [-0.05, 0) is 60.1 Å². The third-order valence-electron chi connectivity index (χ3n) is 3.63. The van der Waals surface area contributed by atoms with Gasteiger partial charge in [0, 0.05) is 18.2 Å². The minimum absolute atomic E-state index is 0.0372. The fourth-order valence-corrected chi connectivity index (χ4v) is 2.58. The molecule has 0 saturated carbocycles. The lowest BCUT2D eigenvalue weighted by Gasteiger charge is -2.29. The van der Waals surface area contributed by atoms with Crippen LogP contribution in [0.3, 0.4) is 0 Å². The molecule has 0 aliphatic carbocycles. The standard InChI is InChI=1S/C22H32ClFN2O5/c1-21(2,3)30-19(28)16(26-20(29)31-22(4,5)6)12-13-25-17(27)11-10-14-8-7-9-15(23)18(14)24/h7-11,16,20,26,29H,12-13H2,1-6H3,(H,25,27)/b11-10+. The van der Waals surface area contributed by atoms with Gasteiger partial charge in [-0.3, -0.25) is 14.9 Å². The number of halogens is 2. The number of ether oxygens (including phenoxy) is 2. The zero-order chi connectivity index (χ0) is 23.8. The molecule has 1 rings (SSSR count). The van der Waals surface area contributed by atoms with Crippen molar-refractivity contribution in [1.29, 1.82) is 0 Å². The lowest BCUT2D eigenvalue weighted by molar-refractivity contribution is -0.193. The van der Waals surface area contributed by atoms with Crippen LogP contribution >= 0.6 is 11.6 Å². The van der Waals surface area contributed by atoms with E-state index < -0.39 is 41.4 Å². The average Bonchev–Trinajstić information content (AvgIpc) is 2.59. The smallest absolute Gasteiger partial charge is 0.323 e. The van der Waals surface area contributed by atoms with Crippen LogP contribution in [0.1, 0.15) is 53.5 Å². The highest BCUT2D eigenvalue weighted by molar-refractivity contribution is 6.30. The maximum Gasteiger partial charge on any atom is 0.323 e. The normalized spacial score (nSPS) is 14.4. The van der Waals surface area contributed by atoms with Gasteiger partial charge in [-0.15, -0.1) is 0 Å². The van der Waals surface area contributed by atoms with E-state index in [9.17, 15) is 19.1 Å². The topological polar surface area (TPSA) is 96.9 Å². The summed E-state index contributed by atoms with van der Waals surface area (Å²) in [6, 6.07) is 3.55. The van der Waals surface area contributed by atoms with Gasteiger partial charge >= 0.3 is 5.97 Å². The van der Waals surface area contributed by atoms with Gasteiger partial charge in [0.1, 0.15) is 17.5 Å². The van der Waals surface area contributed by atoms with E-state index in [2.05, 4.69) is 10.6 Å². The highest BCUT2D eigenvalue weighted by atomic mass is 35.5. The zero-order valence-electron chi connectivity index (χ0n) is 18.8. The Bertz CT molecular complexity index is 787. The Balaban J connectivity index is 2.69. The molecule has 0 fully saturated rings. The number of esters is 1. The summed E-state index contributed by atoms with van der Waals surface area (Å²) in [4.78, 5) is 24.5. The van der Waals surface area contributed by atoms with Crippen molar-refractivity contribution in [2.45, 2.75) is 71.6 Å². The summed E-state index contributed by atoms with van der Waals surface area (Å²) < 4.78 is 24.6. The zero-order valence-corrected chi connectivity index (χ0v) is 19.5. The number of aliphatic hydroxyl groups excluding tert-OH is 1. The van der Waals surface area contributed by atoms with Crippen LogP contribution in [-0.4, -0.2) is 47.2 Å². The fourth-order valence-electron chi connectivity index (χ4n) is 2.40. The molecule has 0 aromatic heterocycles. The minimum Gasteiger partial charge on any atom is -0.459 e. The van der Waals surface area contributed by atoms with Crippen LogP contribution in [0.25, 0.3) is 6.08 Å². The monoisotopic (exact) mass is 458 g/mol. The molecule has 0 heterocycles. The molecule has 0 bridgehead atoms. The lowest BCUT2D eigenvalue weighted by atomic mass is 10.1. The highest BCUT2D eigenvalue weighted by Gasteiger charge is 2.28. The molecule has 9 heteroatoms. The average molecular weight is 459 g/mol. The molecule has 2 atom stereocenters. The van der Waals surface area contributed by atoms with E-state index in [4.69, 9.17) is 21.1 Å². The van der Waals surface area contributed by atoms with E-state index in [0.29, 0.717) is 0 Å². The predicted molar refractivity (Wildman–Crippen MR) is 118 cm³/mol. The first-order valence-corrected chi connectivity index (χ1v) is 10.3. The molecule has 0 radical (unpaired) electrons. The van der Waals surface area contributed by atoms with E-state index in [1.54, 1.807) is 47.6 Å². The van der Waals surface area contributed by atoms with Gasteiger partial charge in [0.2, 0.25) is 12.3 Å². The van der Waals surface area contributed by atoms with Gasteiger partial charge in [-0.2, -0.15) is 0 Å². The third-order valence-corrected chi connectivity index (χ3v) is 3.92. The summed E-state index contributed by atoms with van der Waals surface area (Å²) in [6.07, 6.45) is 1.20. The van der Waals surface area contributed by atoms with Gasteiger partial charge < -0.3 is 19.9 Å². The Kier molecular flexibility index (Phi) is 10.1. The number of aliphatic hydroxyl groups is 1. The summed E-state index contributed by atoms with van der Waals surface area (Å²) >= 11 is 5.71. The second-order valence-electron chi connectivity index (χ2n) is 8.89. The number of rotatable bonds is 9. The van der Waals surface area contributed by atoms with Crippen molar-refractivity contribution >= 4 is 29.6 Å². The van der Waals surface area contributed by atoms with E-state index in [1.807, 2.05) is 0 Å². The SMILES string of the molecule is CC(C)(C)OC(=O)C(CCNC(=O)/C=C/c1cccc(Cl)c1F)NC(O)OC(C)(C)C. The molecule has 1 aromatic carbocycles.